The van der Waals surface area contributed by atoms with Crippen molar-refractivity contribution in [3.05, 3.63) is 64.5 Å². The van der Waals surface area contributed by atoms with E-state index in [-0.39, 0.29) is 12.3 Å². The molecule has 6 nitrogen and oxygen atoms in total. The minimum absolute atomic E-state index is 0.171. The van der Waals surface area contributed by atoms with Gasteiger partial charge in [0.15, 0.2) is 0 Å². The van der Waals surface area contributed by atoms with E-state index >= 15 is 0 Å². The highest BCUT2D eigenvalue weighted by molar-refractivity contribution is 6.31. The van der Waals surface area contributed by atoms with Crippen molar-refractivity contribution in [2.75, 3.05) is 5.32 Å². The first-order valence-electron chi connectivity index (χ1n) is 7.84. The number of aromatic nitrogens is 4. The lowest BCUT2D eigenvalue weighted by atomic mass is 10.1. The van der Waals surface area contributed by atoms with E-state index in [9.17, 15) is 4.79 Å². The molecule has 3 aromatic rings. The van der Waals surface area contributed by atoms with E-state index in [2.05, 4.69) is 20.3 Å². The zero-order chi connectivity index (χ0) is 18.0. The Labute approximate surface area is 150 Å². The second-order valence-corrected chi connectivity index (χ2v) is 6.16. The maximum Gasteiger partial charge on any atom is 0.235 e. The molecule has 1 N–H and O–H groups in total. The van der Waals surface area contributed by atoms with Crippen LogP contribution >= 0.6 is 11.6 Å². The molecule has 128 valence electrons. The fourth-order valence-electron chi connectivity index (χ4n) is 2.59. The predicted molar refractivity (Wildman–Crippen MR) is 97.2 cm³/mol. The lowest BCUT2D eigenvalue weighted by Crippen LogP contribution is -2.15. The van der Waals surface area contributed by atoms with Crippen LogP contribution in [-0.2, 0) is 11.2 Å². The predicted octanol–water partition coefficient (Wildman–Crippen LogP) is 3.42. The third kappa shape index (κ3) is 3.69. The van der Waals surface area contributed by atoms with E-state index in [1.54, 1.807) is 18.5 Å². The van der Waals surface area contributed by atoms with Crippen LogP contribution in [-0.4, -0.2) is 25.4 Å². The number of rotatable bonds is 4. The zero-order valence-electron chi connectivity index (χ0n) is 14.2. The molecule has 0 fully saturated rings. The summed E-state index contributed by atoms with van der Waals surface area (Å²) in [6, 6.07) is 7.27. The largest absolute Gasteiger partial charge is 0.323 e. The Morgan fingerprint density at radius 1 is 1.16 bits per heavy atom. The monoisotopic (exact) mass is 355 g/mol. The van der Waals surface area contributed by atoms with Crippen LogP contribution in [0.25, 0.3) is 5.95 Å². The van der Waals surface area contributed by atoms with Gasteiger partial charge in [0.05, 0.1) is 30.2 Å². The zero-order valence-corrected chi connectivity index (χ0v) is 15.0. The van der Waals surface area contributed by atoms with Crippen molar-refractivity contribution in [1.82, 2.24) is 19.5 Å². The molecular weight excluding hydrogens is 338 g/mol. The molecule has 7 heteroatoms. The molecule has 0 unspecified atom stereocenters. The fourth-order valence-corrected chi connectivity index (χ4v) is 2.80. The SMILES string of the molecule is Cc1nc(C)n(-c2ncc(NC(=O)Cc3ccccc3Cl)cn2)c1C. The normalized spacial score (nSPS) is 10.7. The first-order valence-corrected chi connectivity index (χ1v) is 8.21. The van der Waals surface area contributed by atoms with Gasteiger partial charge in [0.2, 0.25) is 11.9 Å². The maximum absolute atomic E-state index is 12.2. The lowest BCUT2D eigenvalue weighted by Gasteiger charge is -2.08. The molecule has 0 aliphatic carbocycles. The number of carbonyl (C=O) groups is 1. The molecule has 0 radical (unpaired) electrons. The number of amides is 1. The van der Waals surface area contributed by atoms with Gasteiger partial charge in [-0.15, -0.1) is 0 Å². The van der Waals surface area contributed by atoms with Gasteiger partial charge in [-0.25, -0.2) is 15.0 Å². The Kier molecular flexibility index (Phi) is 4.81. The Balaban J connectivity index is 1.72. The fraction of sp³-hybridized carbons (Fsp3) is 0.222. The van der Waals surface area contributed by atoms with Crippen molar-refractivity contribution in [3.8, 4) is 5.95 Å². The Morgan fingerprint density at radius 2 is 1.84 bits per heavy atom. The average molecular weight is 356 g/mol. The van der Waals surface area contributed by atoms with E-state index < -0.39 is 0 Å². The Morgan fingerprint density at radius 3 is 2.44 bits per heavy atom. The summed E-state index contributed by atoms with van der Waals surface area (Å²) in [5.41, 5.74) is 3.25. The number of carbonyl (C=O) groups excluding carboxylic acids is 1. The molecule has 0 saturated carbocycles. The van der Waals surface area contributed by atoms with Crippen molar-refractivity contribution in [2.24, 2.45) is 0 Å². The van der Waals surface area contributed by atoms with Crippen LogP contribution < -0.4 is 5.32 Å². The molecule has 0 saturated heterocycles. The summed E-state index contributed by atoms with van der Waals surface area (Å²) < 4.78 is 1.88. The van der Waals surface area contributed by atoms with E-state index in [0.29, 0.717) is 16.7 Å². The number of hydrogen-bond donors (Lipinski definition) is 1. The molecule has 2 heterocycles. The number of hydrogen-bond acceptors (Lipinski definition) is 4. The molecule has 1 amide bonds. The number of anilines is 1. The Bertz CT molecular complexity index is 918. The molecule has 0 aliphatic rings. The second-order valence-electron chi connectivity index (χ2n) is 5.75. The third-order valence-electron chi connectivity index (χ3n) is 3.94. The quantitative estimate of drug-likeness (QED) is 0.778. The van der Waals surface area contributed by atoms with Gasteiger partial charge in [0.25, 0.3) is 0 Å². The summed E-state index contributed by atoms with van der Waals surface area (Å²) in [4.78, 5) is 25.2. The van der Waals surface area contributed by atoms with Crippen molar-refractivity contribution in [1.29, 1.82) is 0 Å². The van der Waals surface area contributed by atoms with Gasteiger partial charge in [-0.1, -0.05) is 29.8 Å². The molecule has 0 aliphatic heterocycles. The van der Waals surface area contributed by atoms with E-state index in [1.165, 1.54) is 0 Å². The summed E-state index contributed by atoms with van der Waals surface area (Å²) >= 11 is 6.08. The van der Waals surface area contributed by atoms with E-state index in [1.807, 2.05) is 43.5 Å². The molecule has 2 aromatic heterocycles. The minimum Gasteiger partial charge on any atom is -0.323 e. The van der Waals surface area contributed by atoms with Gasteiger partial charge in [-0.05, 0) is 32.4 Å². The summed E-state index contributed by atoms with van der Waals surface area (Å²) in [6.45, 7) is 5.82. The van der Waals surface area contributed by atoms with Crippen molar-refractivity contribution < 1.29 is 4.79 Å². The van der Waals surface area contributed by atoms with Crippen LogP contribution in [0.1, 0.15) is 22.8 Å². The van der Waals surface area contributed by atoms with Crippen LogP contribution in [0.15, 0.2) is 36.7 Å². The number of nitrogens with one attached hydrogen (secondary N) is 1. The summed E-state index contributed by atoms with van der Waals surface area (Å²) in [5, 5.41) is 3.36. The van der Waals surface area contributed by atoms with Crippen LogP contribution in [0, 0.1) is 20.8 Å². The van der Waals surface area contributed by atoms with Crippen molar-refractivity contribution >= 4 is 23.2 Å². The topological polar surface area (TPSA) is 72.7 Å². The number of halogens is 1. The molecule has 0 spiro atoms. The summed E-state index contributed by atoms with van der Waals surface area (Å²) in [6.07, 6.45) is 3.36. The van der Waals surface area contributed by atoms with Crippen molar-refractivity contribution in [3.63, 3.8) is 0 Å². The number of nitrogens with zero attached hydrogens (tertiary/aromatic N) is 4. The molecule has 0 atom stereocenters. The van der Waals surface area contributed by atoms with E-state index in [4.69, 9.17) is 11.6 Å². The Hall–Kier alpha value is -2.73. The smallest absolute Gasteiger partial charge is 0.235 e. The van der Waals surface area contributed by atoms with Gasteiger partial charge in [-0.3, -0.25) is 9.36 Å². The third-order valence-corrected chi connectivity index (χ3v) is 4.31. The van der Waals surface area contributed by atoms with Crippen LogP contribution in [0.3, 0.4) is 0 Å². The van der Waals surface area contributed by atoms with Crippen LogP contribution in [0.4, 0.5) is 5.69 Å². The molecular formula is C18H18ClN5O. The number of benzene rings is 1. The highest BCUT2D eigenvalue weighted by atomic mass is 35.5. The molecule has 0 bridgehead atoms. The van der Waals surface area contributed by atoms with Gasteiger partial charge in [0.1, 0.15) is 5.82 Å². The number of imidazole rings is 1. The highest BCUT2D eigenvalue weighted by Crippen LogP contribution is 2.17. The second kappa shape index (κ2) is 7.03. The molecule has 3 rings (SSSR count). The average Bonchev–Trinajstić information content (AvgIpc) is 2.83. The highest BCUT2D eigenvalue weighted by Gasteiger charge is 2.12. The van der Waals surface area contributed by atoms with Crippen LogP contribution in [0.5, 0.6) is 0 Å². The van der Waals surface area contributed by atoms with Gasteiger partial charge in [0, 0.05) is 10.7 Å². The molecule has 1 aromatic carbocycles. The molecule has 25 heavy (non-hydrogen) atoms. The minimum atomic E-state index is -0.171. The van der Waals surface area contributed by atoms with Crippen molar-refractivity contribution in [2.45, 2.75) is 27.2 Å². The van der Waals surface area contributed by atoms with Gasteiger partial charge >= 0.3 is 0 Å². The standard InChI is InChI=1S/C18H18ClN5O/c1-11-12(2)24(13(3)22-11)18-20-9-15(10-21-18)23-17(25)8-14-6-4-5-7-16(14)19/h4-7,9-10H,8H2,1-3H3,(H,23,25). The van der Waals surface area contributed by atoms with Gasteiger partial charge < -0.3 is 5.32 Å². The summed E-state index contributed by atoms with van der Waals surface area (Å²) in [5.74, 6) is 1.18. The summed E-state index contributed by atoms with van der Waals surface area (Å²) in [7, 11) is 0. The maximum atomic E-state index is 12.2. The first-order chi connectivity index (χ1) is 12.0. The lowest BCUT2D eigenvalue weighted by molar-refractivity contribution is -0.115. The number of aryl methyl sites for hydroxylation is 2. The first kappa shape index (κ1) is 17.1. The van der Waals surface area contributed by atoms with Gasteiger partial charge in [-0.2, -0.15) is 0 Å². The van der Waals surface area contributed by atoms with Crippen LogP contribution in [0.2, 0.25) is 5.02 Å². The van der Waals surface area contributed by atoms with E-state index in [0.717, 1.165) is 22.8 Å².